The van der Waals surface area contributed by atoms with Crippen LogP contribution in [0.1, 0.15) is 27.9 Å². The maximum absolute atomic E-state index is 13.2. The second kappa shape index (κ2) is 9.78. The van der Waals surface area contributed by atoms with E-state index in [1.807, 2.05) is 0 Å². The Morgan fingerprint density at radius 2 is 1.53 bits per heavy atom. The molecule has 0 saturated carbocycles. The van der Waals surface area contributed by atoms with E-state index in [1.165, 1.54) is 28.8 Å². The van der Waals surface area contributed by atoms with Crippen molar-refractivity contribution in [2.75, 3.05) is 7.11 Å². The van der Waals surface area contributed by atoms with Crippen molar-refractivity contribution in [1.29, 1.82) is 0 Å². The first-order chi connectivity index (χ1) is 15.3. The van der Waals surface area contributed by atoms with Gasteiger partial charge >= 0.3 is 11.7 Å². The number of Topliss-reactive ketones (excluding diaryl/α,β-unsaturated/α-hetero) is 2. The molecule has 3 aromatic rings. The van der Waals surface area contributed by atoms with E-state index in [1.54, 1.807) is 30.3 Å². The van der Waals surface area contributed by atoms with Crippen molar-refractivity contribution in [2.24, 2.45) is 0 Å². The van der Waals surface area contributed by atoms with Crippen LogP contribution in [0.4, 0.5) is 4.39 Å². The number of carbonyl (C=O) groups is 3. The van der Waals surface area contributed by atoms with Gasteiger partial charge in [-0.1, -0.05) is 42.5 Å². The summed E-state index contributed by atoms with van der Waals surface area (Å²) in [5.74, 6) is -3.71. The van der Waals surface area contributed by atoms with Crippen molar-refractivity contribution in [1.82, 2.24) is 9.13 Å². The van der Waals surface area contributed by atoms with Crippen molar-refractivity contribution in [3.8, 4) is 0 Å². The average molecular weight is 438 g/mol. The number of benzene rings is 2. The molecule has 0 N–H and O–H groups in total. The zero-order valence-corrected chi connectivity index (χ0v) is 17.1. The predicted molar refractivity (Wildman–Crippen MR) is 112 cm³/mol. The second-order valence-electron chi connectivity index (χ2n) is 6.97. The van der Waals surface area contributed by atoms with Crippen LogP contribution in [0.2, 0.25) is 0 Å². The van der Waals surface area contributed by atoms with Gasteiger partial charge in [-0.2, -0.15) is 0 Å². The van der Waals surface area contributed by atoms with Gasteiger partial charge in [0.25, 0.3) is 5.56 Å². The van der Waals surface area contributed by atoms with Crippen LogP contribution in [0, 0.1) is 5.82 Å². The van der Waals surface area contributed by atoms with E-state index in [4.69, 9.17) is 0 Å². The number of methoxy groups -OCH3 is 1. The summed E-state index contributed by atoms with van der Waals surface area (Å²) in [4.78, 5) is 61.8. The standard InChI is InChI=1S/C23H19FN2O6/c1-32-22(30)20(28)11-19(27)18-14-25(12-15-5-3-2-4-6-15)23(31)26(21(18)29)13-16-7-9-17(24)10-8-16/h2-10,14H,11-13H2,1H3. The van der Waals surface area contributed by atoms with Gasteiger partial charge in [0, 0.05) is 6.20 Å². The Morgan fingerprint density at radius 3 is 2.16 bits per heavy atom. The highest BCUT2D eigenvalue weighted by molar-refractivity contribution is 6.38. The molecule has 2 aromatic carbocycles. The number of hydrogen-bond acceptors (Lipinski definition) is 6. The van der Waals surface area contributed by atoms with Gasteiger partial charge < -0.3 is 4.74 Å². The molecular formula is C23H19FN2O6. The topological polar surface area (TPSA) is 104 Å². The third kappa shape index (κ3) is 5.12. The van der Waals surface area contributed by atoms with Crippen molar-refractivity contribution in [3.63, 3.8) is 0 Å². The first kappa shape index (κ1) is 22.5. The molecule has 0 unspecified atom stereocenters. The van der Waals surface area contributed by atoms with Crippen LogP contribution in [0.25, 0.3) is 0 Å². The summed E-state index contributed by atoms with van der Waals surface area (Å²) in [6.45, 7) is -0.145. The molecule has 0 spiro atoms. The number of esters is 1. The Balaban J connectivity index is 2.07. The van der Waals surface area contributed by atoms with Gasteiger partial charge in [0.1, 0.15) is 5.82 Å². The summed E-state index contributed by atoms with van der Waals surface area (Å²) in [7, 11) is 1.00. The highest BCUT2D eigenvalue weighted by atomic mass is 19.1. The SMILES string of the molecule is COC(=O)C(=O)CC(=O)c1cn(Cc2ccccc2)c(=O)n(Cc2ccc(F)cc2)c1=O. The van der Waals surface area contributed by atoms with E-state index in [-0.39, 0.29) is 13.1 Å². The van der Waals surface area contributed by atoms with Crippen LogP contribution in [-0.2, 0) is 27.4 Å². The molecule has 164 valence electrons. The third-order valence-electron chi connectivity index (χ3n) is 4.72. The molecule has 0 atom stereocenters. The summed E-state index contributed by atoms with van der Waals surface area (Å²) >= 11 is 0. The summed E-state index contributed by atoms with van der Waals surface area (Å²) in [5, 5.41) is 0. The Labute approximate surface area is 181 Å². The molecule has 0 aliphatic rings. The summed E-state index contributed by atoms with van der Waals surface area (Å²) in [6, 6.07) is 14.1. The first-order valence-electron chi connectivity index (χ1n) is 9.57. The molecule has 0 aliphatic carbocycles. The highest BCUT2D eigenvalue weighted by Crippen LogP contribution is 2.06. The number of ketones is 2. The average Bonchev–Trinajstić information content (AvgIpc) is 2.79. The lowest BCUT2D eigenvalue weighted by molar-refractivity contribution is -0.151. The quantitative estimate of drug-likeness (QED) is 0.229. The third-order valence-corrected chi connectivity index (χ3v) is 4.72. The van der Waals surface area contributed by atoms with Crippen molar-refractivity contribution >= 4 is 17.5 Å². The number of hydrogen-bond donors (Lipinski definition) is 0. The molecular weight excluding hydrogens is 419 g/mol. The normalized spacial score (nSPS) is 10.6. The molecule has 0 saturated heterocycles. The molecule has 9 heteroatoms. The summed E-state index contributed by atoms with van der Waals surface area (Å²) in [6.07, 6.45) is 0.216. The fraction of sp³-hybridized carbons (Fsp3) is 0.174. The van der Waals surface area contributed by atoms with E-state index in [9.17, 15) is 28.4 Å². The fourth-order valence-electron chi connectivity index (χ4n) is 3.08. The number of halogens is 1. The van der Waals surface area contributed by atoms with E-state index < -0.39 is 46.6 Å². The molecule has 0 fully saturated rings. The molecule has 1 heterocycles. The van der Waals surface area contributed by atoms with Gasteiger partial charge in [-0.25, -0.2) is 14.0 Å². The molecule has 3 rings (SSSR count). The molecule has 0 aliphatic heterocycles. The van der Waals surface area contributed by atoms with E-state index in [0.29, 0.717) is 5.56 Å². The largest absolute Gasteiger partial charge is 0.463 e. The molecule has 8 nitrogen and oxygen atoms in total. The Kier molecular flexibility index (Phi) is 6.89. The monoisotopic (exact) mass is 438 g/mol. The number of ether oxygens (including phenoxy) is 1. The lowest BCUT2D eigenvalue weighted by Crippen LogP contribution is -2.43. The van der Waals surface area contributed by atoms with Crippen LogP contribution < -0.4 is 11.2 Å². The van der Waals surface area contributed by atoms with Crippen molar-refractivity contribution < 1.29 is 23.5 Å². The lowest BCUT2D eigenvalue weighted by atomic mass is 10.1. The zero-order valence-electron chi connectivity index (χ0n) is 17.1. The first-order valence-corrected chi connectivity index (χ1v) is 9.57. The smallest absolute Gasteiger partial charge is 0.374 e. The number of rotatable bonds is 8. The van der Waals surface area contributed by atoms with Gasteiger partial charge in [0.05, 0.1) is 32.2 Å². The summed E-state index contributed by atoms with van der Waals surface area (Å²) in [5.41, 5.74) is -0.803. The van der Waals surface area contributed by atoms with Gasteiger partial charge in [-0.3, -0.25) is 23.5 Å². The van der Waals surface area contributed by atoms with Crippen LogP contribution in [-0.4, -0.2) is 33.8 Å². The van der Waals surface area contributed by atoms with Crippen LogP contribution in [0.15, 0.2) is 70.4 Å². The summed E-state index contributed by atoms with van der Waals surface area (Å²) < 4.78 is 19.5. The fourth-order valence-corrected chi connectivity index (χ4v) is 3.08. The van der Waals surface area contributed by atoms with E-state index >= 15 is 0 Å². The van der Waals surface area contributed by atoms with Gasteiger partial charge in [0.2, 0.25) is 5.78 Å². The number of carbonyl (C=O) groups excluding carboxylic acids is 3. The van der Waals surface area contributed by atoms with Crippen LogP contribution >= 0.6 is 0 Å². The maximum Gasteiger partial charge on any atom is 0.374 e. The maximum atomic E-state index is 13.2. The lowest BCUT2D eigenvalue weighted by Gasteiger charge is -2.13. The van der Waals surface area contributed by atoms with Gasteiger partial charge in [-0.15, -0.1) is 0 Å². The minimum atomic E-state index is -1.21. The molecule has 32 heavy (non-hydrogen) atoms. The van der Waals surface area contributed by atoms with Gasteiger partial charge in [0.15, 0.2) is 5.78 Å². The van der Waals surface area contributed by atoms with Gasteiger partial charge in [-0.05, 0) is 23.3 Å². The van der Waals surface area contributed by atoms with E-state index in [0.717, 1.165) is 23.4 Å². The number of nitrogens with zero attached hydrogens (tertiary/aromatic N) is 2. The Hall–Kier alpha value is -4.14. The second-order valence-corrected chi connectivity index (χ2v) is 6.97. The predicted octanol–water partition coefficient (Wildman–Crippen LogP) is 1.56. The molecule has 1 aromatic heterocycles. The van der Waals surface area contributed by atoms with Crippen molar-refractivity contribution in [2.45, 2.75) is 19.5 Å². The highest BCUT2D eigenvalue weighted by Gasteiger charge is 2.24. The molecule has 0 radical (unpaired) electrons. The zero-order chi connectivity index (χ0) is 23.3. The Morgan fingerprint density at radius 1 is 0.906 bits per heavy atom. The van der Waals surface area contributed by atoms with E-state index in [2.05, 4.69) is 4.74 Å². The minimum absolute atomic E-state index is 0.0641. The molecule has 0 amide bonds. The van der Waals surface area contributed by atoms with Crippen LogP contribution in [0.3, 0.4) is 0 Å². The number of aromatic nitrogens is 2. The Bertz CT molecular complexity index is 1280. The van der Waals surface area contributed by atoms with Crippen LogP contribution in [0.5, 0.6) is 0 Å². The van der Waals surface area contributed by atoms with Crippen molar-refractivity contribution in [3.05, 3.63) is 104 Å². The molecule has 0 bridgehead atoms. The minimum Gasteiger partial charge on any atom is -0.463 e.